The Morgan fingerprint density at radius 2 is 0.660 bits per heavy atom. The molecule has 0 radical (unpaired) electrons. The third-order valence-corrected chi connectivity index (χ3v) is 9.72. The molecule has 296 valence electrons. The fourth-order valence-corrected chi connectivity index (χ4v) is 6.40. The van der Waals surface area contributed by atoms with Gasteiger partial charge in [-0.25, -0.2) is 0 Å². The number of rotatable bonds is 38. The van der Waals surface area contributed by atoms with Crippen LogP contribution in [-0.2, 0) is 28.6 Å². The SMILES string of the molecule is CCCCCCCCCCCCCC(=O)OC[C@@H](COC(=O)CCCCCCCCCCCC(C)C)OC(=O)CCCCCCCCC(C)C. The summed E-state index contributed by atoms with van der Waals surface area (Å²) in [5.74, 6) is 0.701. The van der Waals surface area contributed by atoms with Crippen molar-refractivity contribution in [1.29, 1.82) is 0 Å². The van der Waals surface area contributed by atoms with Crippen LogP contribution in [0.1, 0.15) is 234 Å². The zero-order chi connectivity index (χ0) is 36.9. The smallest absolute Gasteiger partial charge is 0.306 e. The van der Waals surface area contributed by atoms with E-state index in [1.54, 1.807) is 0 Å². The fourth-order valence-electron chi connectivity index (χ4n) is 6.40. The molecule has 0 bridgehead atoms. The van der Waals surface area contributed by atoms with Gasteiger partial charge in [0.2, 0.25) is 0 Å². The van der Waals surface area contributed by atoms with Crippen LogP contribution in [0.3, 0.4) is 0 Å². The summed E-state index contributed by atoms with van der Waals surface area (Å²) >= 11 is 0. The van der Waals surface area contributed by atoms with Crippen LogP contribution in [0, 0.1) is 11.8 Å². The van der Waals surface area contributed by atoms with Crippen molar-refractivity contribution in [3.8, 4) is 0 Å². The molecule has 0 N–H and O–H groups in total. The summed E-state index contributed by atoms with van der Waals surface area (Å²) in [5, 5.41) is 0. The molecule has 0 aliphatic heterocycles. The molecule has 0 spiro atoms. The van der Waals surface area contributed by atoms with Crippen LogP contribution < -0.4 is 0 Å². The molecular formula is C44H84O6. The maximum Gasteiger partial charge on any atom is 0.306 e. The Bertz CT molecular complexity index is 764. The van der Waals surface area contributed by atoms with Crippen molar-refractivity contribution in [2.24, 2.45) is 11.8 Å². The predicted molar refractivity (Wildman–Crippen MR) is 210 cm³/mol. The van der Waals surface area contributed by atoms with Gasteiger partial charge in [-0.15, -0.1) is 0 Å². The third-order valence-electron chi connectivity index (χ3n) is 9.72. The van der Waals surface area contributed by atoms with Gasteiger partial charge < -0.3 is 14.2 Å². The average molecular weight is 709 g/mol. The topological polar surface area (TPSA) is 78.9 Å². The van der Waals surface area contributed by atoms with E-state index in [2.05, 4.69) is 34.6 Å². The van der Waals surface area contributed by atoms with Gasteiger partial charge in [0.15, 0.2) is 6.10 Å². The normalized spacial score (nSPS) is 12.1. The van der Waals surface area contributed by atoms with Crippen molar-refractivity contribution < 1.29 is 28.6 Å². The highest BCUT2D eigenvalue weighted by atomic mass is 16.6. The maximum atomic E-state index is 12.6. The van der Waals surface area contributed by atoms with E-state index in [0.717, 1.165) is 69.6 Å². The minimum Gasteiger partial charge on any atom is -0.462 e. The van der Waals surface area contributed by atoms with Crippen molar-refractivity contribution in [3.63, 3.8) is 0 Å². The van der Waals surface area contributed by atoms with Crippen LogP contribution in [-0.4, -0.2) is 37.2 Å². The van der Waals surface area contributed by atoms with E-state index < -0.39 is 6.10 Å². The lowest BCUT2D eigenvalue weighted by Gasteiger charge is -2.18. The number of carbonyl (C=O) groups is 3. The Labute approximate surface area is 310 Å². The Balaban J connectivity index is 4.33. The van der Waals surface area contributed by atoms with Gasteiger partial charge >= 0.3 is 17.9 Å². The molecule has 0 aromatic rings. The van der Waals surface area contributed by atoms with Crippen LogP contribution >= 0.6 is 0 Å². The van der Waals surface area contributed by atoms with Crippen LogP contribution in [0.4, 0.5) is 0 Å². The van der Waals surface area contributed by atoms with Crippen LogP contribution in [0.25, 0.3) is 0 Å². The second-order valence-corrected chi connectivity index (χ2v) is 15.9. The molecule has 0 aromatic carbocycles. The quantitative estimate of drug-likeness (QED) is 0.0361. The second kappa shape index (κ2) is 37.2. The first-order valence-corrected chi connectivity index (χ1v) is 21.7. The van der Waals surface area contributed by atoms with Crippen LogP contribution in [0.15, 0.2) is 0 Å². The number of unbranched alkanes of at least 4 members (excludes halogenated alkanes) is 23. The van der Waals surface area contributed by atoms with Crippen LogP contribution in [0.2, 0.25) is 0 Å². The molecule has 0 amide bonds. The average Bonchev–Trinajstić information content (AvgIpc) is 3.08. The Hall–Kier alpha value is -1.59. The summed E-state index contributed by atoms with van der Waals surface area (Å²) in [6.45, 7) is 11.2. The number of esters is 3. The monoisotopic (exact) mass is 709 g/mol. The number of hydrogen-bond donors (Lipinski definition) is 0. The minimum absolute atomic E-state index is 0.0663. The number of carbonyl (C=O) groups excluding carboxylic acids is 3. The molecule has 50 heavy (non-hydrogen) atoms. The molecule has 6 nitrogen and oxygen atoms in total. The highest BCUT2D eigenvalue weighted by molar-refractivity contribution is 5.71. The van der Waals surface area contributed by atoms with E-state index in [9.17, 15) is 14.4 Å². The fraction of sp³-hybridized carbons (Fsp3) is 0.932. The molecule has 6 heteroatoms. The van der Waals surface area contributed by atoms with Gasteiger partial charge in [0.1, 0.15) is 13.2 Å². The molecule has 0 fully saturated rings. The van der Waals surface area contributed by atoms with Crippen molar-refractivity contribution in [3.05, 3.63) is 0 Å². The molecule has 0 aliphatic rings. The molecule has 0 rings (SSSR count). The van der Waals surface area contributed by atoms with E-state index >= 15 is 0 Å². The van der Waals surface area contributed by atoms with Crippen molar-refractivity contribution in [2.75, 3.05) is 13.2 Å². The van der Waals surface area contributed by atoms with Gasteiger partial charge in [-0.05, 0) is 31.1 Å². The molecule has 1 atom stereocenters. The van der Waals surface area contributed by atoms with E-state index in [1.165, 1.54) is 122 Å². The van der Waals surface area contributed by atoms with E-state index in [0.29, 0.717) is 19.3 Å². The van der Waals surface area contributed by atoms with Crippen molar-refractivity contribution in [1.82, 2.24) is 0 Å². The maximum absolute atomic E-state index is 12.6. The van der Waals surface area contributed by atoms with Gasteiger partial charge in [-0.1, -0.05) is 195 Å². The lowest BCUT2D eigenvalue weighted by atomic mass is 10.0. The third kappa shape index (κ3) is 37.7. The minimum atomic E-state index is -0.760. The molecule has 0 aliphatic carbocycles. The van der Waals surface area contributed by atoms with E-state index in [4.69, 9.17) is 14.2 Å². The van der Waals surface area contributed by atoms with E-state index in [1.807, 2.05) is 0 Å². The lowest BCUT2D eigenvalue weighted by Crippen LogP contribution is -2.30. The largest absolute Gasteiger partial charge is 0.462 e. The summed E-state index contributed by atoms with van der Waals surface area (Å²) < 4.78 is 16.7. The predicted octanol–water partition coefficient (Wildman–Crippen LogP) is 13.4. The van der Waals surface area contributed by atoms with Gasteiger partial charge in [0.05, 0.1) is 0 Å². The Morgan fingerprint density at radius 3 is 0.980 bits per heavy atom. The zero-order valence-electron chi connectivity index (χ0n) is 34.0. The first-order chi connectivity index (χ1) is 24.2. The van der Waals surface area contributed by atoms with Gasteiger partial charge in [0.25, 0.3) is 0 Å². The highest BCUT2D eigenvalue weighted by Gasteiger charge is 2.19. The van der Waals surface area contributed by atoms with Crippen LogP contribution in [0.5, 0.6) is 0 Å². The molecule has 0 unspecified atom stereocenters. The molecule has 0 aromatic heterocycles. The summed E-state index contributed by atoms with van der Waals surface area (Å²) in [7, 11) is 0. The molecule has 0 heterocycles. The number of ether oxygens (including phenoxy) is 3. The summed E-state index contributed by atoms with van der Waals surface area (Å²) in [4.78, 5) is 37.6. The summed E-state index contributed by atoms with van der Waals surface area (Å²) in [6.07, 6.45) is 33.9. The first-order valence-electron chi connectivity index (χ1n) is 21.7. The first kappa shape index (κ1) is 48.4. The summed E-state index contributed by atoms with van der Waals surface area (Å²) in [5.41, 5.74) is 0. The molecular weight excluding hydrogens is 624 g/mol. The van der Waals surface area contributed by atoms with Gasteiger partial charge in [-0.2, -0.15) is 0 Å². The second-order valence-electron chi connectivity index (χ2n) is 15.9. The zero-order valence-corrected chi connectivity index (χ0v) is 34.0. The Morgan fingerprint density at radius 1 is 0.380 bits per heavy atom. The van der Waals surface area contributed by atoms with Crippen molar-refractivity contribution >= 4 is 17.9 Å². The van der Waals surface area contributed by atoms with Gasteiger partial charge in [0, 0.05) is 19.3 Å². The summed E-state index contributed by atoms with van der Waals surface area (Å²) in [6, 6.07) is 0. The standard InChI is InChI=1S/C44H84O6/c1-6-7-8-9-10-11-12-15-18-24-29-34-42(45)48-37-41(50-44(47)36-31-26-21-20-23-28-33-40(4)5)38-49-43(46)35-30-25-19-16-13-14-17-22-27-32-39(2)3/h39-41H,6-38H2,1-5H3/t41-/m0/s1. The highest BCUT2D eigenvalue weighted by Crippen LogP contribution is 2.16. The Kier molecular flexibility index (Phi) is 36.0. The van der Waals surface area contributed by atoms with Crippen molar-refractivity contribution in [2.45, 2.75) is 240 Å². The molecule has 0 saturated heterocycles. The molecule has 0 saturated carbocycles. The van der Waals surface area contributed by atoms with E-state index in [-0.39, 0.29) is 31.1 Å². The van der Waals surface area contributed by atoms with Gasteiger partial charge in [-0.3, -0.25) is 14.4 Å². The number of hydrogen-bond acceptors (Lipinski definition) is 6. The lowest BCUT2D eigenvalue weighted by molar-refractivity contribution is -0.167.